The molecule has 2 heteroatoms. The van der Waals surface area contributed by atoms with Gasteiger partial charge in [0, 0.05) is 25.2 Å². The van der Waals surface area contributed by atoms with E-state index in [1.165, 1.54) is 17.7 Å². The largest absolute Gasteiger partial charge is 0.393 e. The van der Waals surface area contributed by atoms with Gasteiger partial charge >= 0.3 is 0 Å². The fourth-order valence-electron chi connectivity index (χ4n) is 3.34. The van der Waals surface area contributed by atoms with Crippen LogP contribution in [0.2, 0.25) is 0 Å². The summed E-state index contributed by atoms with van der Waals surface area (Å²) in [5.74, 6) is 1.91. The van der Waals surface area contributed by atoms with Crippen LogP contribution < -0.4 is 4.90 Å². The van der Waals surface area contributed by atoms with E-state index in [0.29, 0.717) is 5.92 Å². The number of aryl methyl sites for hydroxylation is 1. The zero-order valence-corrected chi connectivity index (χ0v) is 13.3. The van der Waals surface area contributed by atoms with Gasteiger partial charge in [-0.1, -0.05) is 31.5 Å². The number of aliphatic hydroxyl groups is 1. The van der Waals surface area contributed by atoms with Gasteiger partial charge in [-0.05, 0) is 50.2 Å². The highest BCUT2D eigenvalue weighted by atomic mass is 16.3. The van der Waals surface area contributed by atoms with E-state index < -0.39 is 0 Å². The first-order chi connectivity index (χ1) is 9.47. The van der Waals surface area contributed by atoms with E-state index in [1.807, 2.05) is 0 Å². The number of hydrogen-bond acceptors (Lipinski definition) is 2. The van der Waals surface area contributed by atoms with Crippen molar-refractivity contribution in [3.8, 4) is 0 Å². The van der Waals surface area contributed by atoms with Crippen LogP contribution in [0.25, 0.3) is 0 Å². The van der Waals surface area contributed by atoms with Crippen LogP contribution in [0.4, 0.5) is 5.69 Å². The van der Waals surface area contributed by atoms with E-state index in [1.54, 1.807) is 0 Å². The Labute approximate surface area is 123 Å². The molecule has 1 aliphatic carbocycles. The van der Waals surface area contributed by atoms with Gasteiger partial charge in [0.15, 0.2) is 0 Å². The zero-order valence-electron chi connectivity index (χ0n) is 13.3. The van der Waals surface area contributed by atoms with Crippen LogP contribution in [-0.2, 0) is 0 Å². The Hall–Kier alpha value is -1.02. The van der Waals surface area contributed by atoms with E-state index >= 15 is 0 Å². The van der Waals surface area contributed by atoms with Gasteiger partial charge in [-0.2, -0.15) is 0 Å². The summed E-state index contributed by atoms with van der Waals surface area (Å²) in [6, 6.07) is 8.65. The second kappa shape index (κ2) is 6.62. The van der Waals surface area contributed by atoms with Gasteiger partial charge in [-0.3, -0.25) is 0 Å². The lowest BCUT2D eigenvalue weighted by atomic mass is 9.74. The van der Waals surface area contributed by atoms with Gasteiger partial charge in [0.25, 0.3) is 0 Å². The number of nitrogens with zero attached hydrogens (tertiary/aromatic N) is 1. The van der Waals surface area contributed by atoms with Crippen molar-refractivity contribution in [1.29, 1.82) is 0 Å². The average Bonchev–Trinajstić information content (AvgIpc) is 2.41. The first-order valence-corrected chi connectivity index (χ1v) is 7.93. The third kappa shape index (κ3) is 3.76. The highest BCUT2D eigenvalue weighted by Gasteiger charge is 2.31. The molecular weight excluding hydrogens is 246 g/mol. The minimum atomic E-state index is -0.127. The number of benzene rings is 1. The molecule has 0 saturated heterocycles. The lowest BCUT2D eigenvalue weighted by Gasteiger charge is -2.37. The minimum Gasteiger partial charge on any atom is -0.393 e. The Balaban J connectivity index is 1.98. The SMILES string of the molecule is Cc1ccc(N(C)CC2CC(C(C)C)CCC2O)cc1. The third-order valence-electron chi connectivity index (χ3n) is 4.91. The highest BCUT2D eigenvalue weighted by Crippen LogP contribution is 2.34. The molecule has 0 aliphatic heterocycles. The van der Waals surface area contributed by atoms with E-state index in [9.17, 15) is 5.11 Å². The van der Waals surface area contributed by atoms with Crippen molar-refractivity contribution >= 4 is 5.69 Å². The van der Waals surface area contributed by atoms with Crippen LogP contribution in [0.15, 0.2) is 24.3 Å². The second-order valence-corrected chi connectivity index (χ2v) is 6.86. The van der Waals surface area contributed by atoms with Gasteiger partial charge in [0.1, 0.15) is 0 Å². The Kier molecular flexibility index (Phi) is 5.09. The Morgan fingerprint density at radius 1 is 1.20 bits per heavy atom. The van der Waals surface area contributed by atoms with Crippen molar-refractivity contribution in [3.05, 3.63) is 29.8 Å². The number of anilines is 1. The van der Waals surface area contributed by atoms with Crippen LogP contribution in [0.1, 0.15) is 38.7 Å². The topological polar surface area (TPSA) is 23.5 Å². The van der Waals surface area contributed by atoms with Crippen molar-refractivity contribution in [2.75, 3.05) is 18.5 Å². The van der Waals surface area contributed by atoms with E-state index in [2.05, 4.69) is 57.0 Å². The number of aliphatic hydroxyl groups excluding tert-OH is 1. The molecule has 0 spiro atoms. The molecule has 112 valence electrons. The molecule has 2 rings (SSSR count). The molecule has 3 unspecified atom stereocenters. The van der Waals surface area contributed by atoms with Crippen LogP contribution in [0, 0.1) is 24.7 Å². The van der Waals surface area contributed by atoms with Crippen molar-refractivity contribution in [1.82, 2.24) is 0 Å². The normalized spacial score (nSPS) is 26.8. The van der Waals surface area contributed by atoms with Gasteiger partial charge in [-0.15, -0.1) is 0 Å². The summed E-state index contributed by atoms with van der Waals surface area (Å²) in [6.45, 7) is 7.68. The van der Waals surface area contributed by atoms with Crippen molar-refractivity contribution < 1.29 is 5.11 Å². The maximum atomic E-state index is 10.3. The fourth-order valence-corrected chi connectivity index (χ4v) is 3.34. The van der Waals surface area contributed by atoms with Crippen molar-refractivity contribution in [2.45, 2.75) is 46.1 Å². The van der Waals surface area contributed by atoms with Crippen molar-refractivity contribution in [3.63, 3.8) is 0 Å². The fraction of sp³-hybridized carbons (Fsp3) is 0.667. The van der Waals surface area contributed by atoms with Gasteiger partial charge in [0.2, 0.25) is 0 Å². The molecule has 0 aromatic heterocycles. The summed E-state index contributed by atoms with van der Waals surface area (Å²) in [7, 11) is 2.14. The molecule has 1 aromatic rings. The molecule has 1 aromatic carbocycles. The molecule has 0 radical (unpaired) electrons. The number of rotatable bonds is 4. The second-order valence-electron chi connectivity index (χ2n) is 6.86. The summed E-state index contributed by atoms with van der Waals surface area (Å²) in [6.07, 6.45) is 3.19. The molecule has 0 amide bonds. The molecule has 1 fully saturated rings. The zero-order chi connectivity index (χ0) is 14.7. The summed E-state index contributed by atoms with van der Waals surface area (Å²) in [5, 5.41) is 10.3. The lowest BCUT2D eigenvalue weighted by Crippen LogP contribution is -2.38. The molecule has 3 atom stereocenters. The van der Waals surface area contributed by atoms with Crippen LogP contribution in [0.5, 0.6) is 0 Å². The van der Waals surface area contributed by atoms with Crippen LogP contribution in [0.3, 0.4) is 0 Å². The Bertz CT molecular complexity index is 412. The predicted molar refractivity (Wildman–Crippen MR) is 86.1 cm³/mol. The van der Waals surface area contributed by atoms with E-state index in [0.717, 1.165) is 31.2 Å². The number of hydrogen-bond donors (Lipinski definition) is 1. The van der Waals surface area contributed by atoms with Gasteiger partial charge < -0.3 is 10.0 Å². The lowest BCUT2D eigenvalue weighted by molar-refractivity contribution is 0.0414. The maximum absolute atomic E-state index is 10.3. The summed E-state index contributed by atoms with van der Waals surface area (Å²) < 4.78 is 0. The quantitative estimate of drug-likeness (QED) is 0.902. The molecule has 0 heterocycles. The summed E-state index contributed by atoms with van der Waals surface area (Å²) >= 11 is 0. The molecule has 1 saturated carbocycles. The first kappa shape index (κ1) is 15.4. The van der Waals surface area contributed by atoms with E-state index in [4.69, 9.17) is 0 Å². The smallest absolute Gasteiger partial charge is 0.0585 e. The minimum absolute atomic E-state index is 0.127. The maximum Gasteiger partial charge on any atom is 0.0585 e. The first-order valence-electron chi connectivity index (χ1n) is 7.93. The standard InChI is InChI=1S/C18H29NO/c1-13(2)15-7-10-18(20)16(11-15)12-19(4)17-8-5-14(3)6-9-17/h5-6,8-9,13,15-16,18,20H,7,10-12H2,1-4H3. The monoisotopic (exact) mass is 275 g/mol. The van der Waals surface area contributed by atoms with E-state index in [-0.39, 0.29) is 6.10 Å². The Morgan fingerprint density at radius 2 is 1.85 bits per heavy atom. The summed E-state index contributed by atoms with van der Waals surface area (Å²) in [4.78, 5) is 2.29. The van der Waals surface area contributed by atoms with Crippen LogP contribution in [-0.4, -0.2) is 24.8 Å². The molecule has 20 heavy (non-hydrogen) atoms. The molecular formula is C18H29NO. The molecule has 0 bridgehead atoms. The Morgan fingerprint density at radius 3 is 2.45 bits per heavy atom. The third-order valence-corrected chi connectivity index (χ3v) is 4.91. The highest BCUT2D eigenvalue weighted by molar-refractivity contribution is 5.46. The van der Waals surface area contributed by atoms with Crippen LogP contribution >= 0.6 is 0 Å². The predicted octanol–water partition coefficient (Wildman–Crippen LogP) is 3.86. The van der Waals surface area contributed by atoms with Gasteiger partial charge in [0.05, 0.1) is 6.10 Å². The molecule has 1 aliphatic rings. The van der Waals surface area contributed by atoms with Gasteiger partial charge in [-0.25, -0.2) is 0 Å². The summed E-state index contributed by atoms with van der Waals surface area (Å²) in [5.41, 5.74) is 2.54. The molecule has 2 nitrogen and oxygen atoms in total. The molecule has 1 N–H and O–H groups in total. The van der Waals surface area contributed by atoms with Crippen molar-refractivity contribution in [2.24, 2.45) is 17.8 Å². The average molecular weight is 275 g/mol.